The molecule has 0 saturated carbocycles. The van der Waals surface area contributed by atoms with Crippen LogP contribution in [0.2, 0.25) is 19.6 Å². The molecule has 2 nitrogen and oxygen atoms in total. The molecule has 2 aliphatic rings. The molecule has 0 aromatic heterocycles. The Hall–Kier alpha value is -1.29. The summed E-state index contributed by atoms with van der Waals surface area (Å²) in [6, 6.07) is 23.2. The van der Waals surface area contributed by atoms with Crippen molar-refractivity contribution in [3.05, 3.63) is 95.1 Å². The fraction of sp³-hybridized carbons (Fsp3) is 0.250. The topological polar surface area (TPSA) is 18.5 Å². The predicted molar refractivity (Wildman–Crippen MR) is 145 cm³/mol. The van der Waals surface area contributed by atoms with Gasteiger partial charge in [-0.05, 0) is 0 Å². The van der Waals surface area contributed by atoms with Gasteiger partial charge in [0, 0.05) is 0 Å². The Morgan fingerprint density at radius 2 is 1.56 bits per heavy atom. The molecule has 6 heteroatoms. The van der Waals surface area contributed by atoms with E-state index in [-0.39, 0.29) is 14.0 Å². The Bertz CT molecular complexity index is 1370. The molecule has 0 radical (unpaired) electrons. The van der Waals surface area contributed by atoms with Gasteiger partial charge in [0.2, 0.25) is 0 Å². The fourth-order valence-electron chi connectivity index (χ4n) is 5.45. The van der Waals surface area contributed by atoms with E-state index in [2.05, 4.69) is 103 Å². The molecule has 176 valence electrons. The average molecular weight is 589 g/mol. The third kappa shape index (κ3) is 3.96. The Kier molecular flexibility index (Phi) is 6.23. The molecule has 34 heavy (non-hydrogen) atoms. The van der Waals surface area contributed by atoms with Crippen molar-refractivity contribution in [2.24, 2.45) is 0 Å². The predicted octanol–water partition coefficient (Wildman–Crippen LogP) is 8.53. The molecule has 0 bridgehead atoms. The summed E-state index contributed by atoms with van der Waals surface area (Å²) in [7, 11) is 14.2. The van der Waals surface area contributed by atoms with E-state index in [1.54, 1.807) is 0 Å². The van der Waals surface area contributed by atoms with E-state index in [9.17, 15) is 0 Å². The molecule has 3 aromatic rings. The molecule has 0 amide bonds. The van der Waals surface area contributed by atoms with E-state index < -0.39 is 24.2 Å². The van der Waals surface area contributed by atoms with Gasteiger partial charge in [-0.1, -0.05) is 0 Å². The molecule has 0 saturated heterocycles. The third-order valence-corrected chi connectivity index (χ3v) is 27.1. The summed E-state index contributed by atoms with van der Waals surface area (Å²) >= 11 is -4.78. The number of allylic oxidation sites excluding steroid dienone is 1. The summed E-state index contributed by atoms with van der Waals surface area (Å²) in [5.74, 6) is 0.815. The van der Waals surface area contributed by atoms with Gasteiger partial charge in [0.15, 0.2) is 0 Å². The normalized spacial score (nSPS) is 18.9. The first kappa shape index (κ1) is 24.4. The number of halogens is 2. The zero-order chi connectivity index (χ0) is 24.2. The van der Waals surface area contributed by atoms with Crippen molar-refractivity contribution in [2.75, 3.05) is 6.79 Å². The van der Waals surface area contributed by atoms with Crippen LogP contribution in [-0.4, -0.2) is 18.8 Å². The maximum atomic E-state index is 7.94. The van der Waals surface area contributed by atoms with E-state index in [0.29, 0.717) is 0 Å². The molecule has 0 aliphatic heterocycles. The Morgan fingerprint density at radius 3 is 2.29 bits per heavy atom. The standard InChI is InChI=1S/C17H19O2Si.C9H7.C2H4.2ClH.Zr/c1-20(2,3)19-12-18-17-10-6-9-15-14-8-5-4-7-13(14)11-16(15)17;1-2-5-9-7-3-6-8(9)4-1;1-2;;;/h4-11H,12H2,1-3H3;1-7H;1H,2H3;2*1H;/q;;;;;+2/p-2. The second-order valence-electron chi connectivity index (χ2n) is 10.2. The number of rotatable bonds is 6. The molecule has 2 aliphatic carbocycles. The van der Waals surface area contributed by atoms with E-state index in [1.807, 2.05) is 6.07 Å². The van der Waals surface area contributed by atoms with Crippen molar-refractivity contribution < 1.29 is 25.1 Å². The van der Waals surface area contributed by atoms with Crippen LogP contribution in [0.3, 0.4) is 0 Å². The van der Waals surface area contributed by atoms with Crippen molar-refractivity contribution in [3.63, 3.8) is 0 Å². The average Bonchev–Trinajstić information content (AvgIpc) is 3.40. The number of benzene rings is 3. The minimum absolute atomic E-state index is 0.0127. The number of ether oxygens (including phenoxy) is 1. The van der Waals surface area contributed by atoms with Crippen molar-refractivity contribution in [1.82, 2.24) is 0 Å². The minimum atomic E-state index is -4.78. The molecule has 0 N–H and O–H groups in total. The first-order chi connectivity index (χ1) is 16.1. The molecule has 5 rings (SSSR count). The van der Waals surface area contributed by atoms with Gasteiger partial charge in [0.25, 0.3) is 0 Å². The van der Waals surface area contributed by atoms with E-state index in [4.69, 9.17) is 26.2 Å². The molecule has 3 aromatic carbocycles. The Morgan fingerprint density at radius 1 is 0.882 bits per heavy atom. The van der Waals surface area contributed by atoms with Crippen LogP contribution in [-0.2, 0) is 20.3 Å². The zero-order valence-electron chi connectivity index (χ0n) is 20.0. The third-order valence-electron chi connectivity index (χ3n) is 7.12. The van der Waals surface area contributed by atoms with Crippen molar-refractivity contribution >= 4 is 35.1 Å². The van der Waals surface area contributed by atoms with Crippen LogP contribution in [0.15, 0.2) is 72.8 Å². The first-order valence-electron chi connectivity index (χ1n) is 11.8. The Labute approximate surface area is 211 Å². The van der Waals surface area contributed by atoms with Crippen LogP contribution in [0.5, 0.6) is 5.75 Å². The van der Waals surface area contributed by atoms with Gasteiger partial charge in [0.1, 0.15) is 0 Å². The zero-order valence-corrected chi connectivity index (χ0v) is 25.0. The van der Waals surface area contributed by atoms with Crippen LogP contribution in [0, 0.1) is 0 Å². The van der Waals surface area contributed by atoms with Crippen LogP contribution in [0.4, 0.5) is 0 Å². The Balaban J connectivity index is 1.70. The van der Waals surface area contributed by atoms with Gasteiger partial charge in [-0.25, -0.2) is 0 Å². The van der Waals surface area contributed by atoms with Gasteiger partial charge in [-0.15, -0.1) is 0 Å². The number of hydrogen-bond donors (Lipinski definition) is 0. The molecule has 2 unspecified atom stereocenters. The fourth-order valence-corrected chi connectivity index (χ4v) is 20.8. The molecule has 2 atom stereocenters. The van der Waals surface area contributed by atoms with Crippen LogP contribution in [0.25, 0.3) is 17.2 Å². The number of hydrogen-bond acceptors (Lipinski definition) is 2. The summed E-state index contributed by atoms with van der Waals surface area (Å²) in [6.07, 6.45) is 4.40. The van der Waals surface area contributed by atoms with Gasteiger partial charge < -0.3 is 0 Å². The second kappa shape index (κ2) is 8.68. The maximum absolute atomic E-state index is 7.94. The van der Waals surface area contributed by atoms with E-state index >= 15 is 0 Å². The van der Waals surface area contributed by atoms with Gasteiger partial charge in [-0.2, -0.15) is 0 Å². The quantitative estimate of drug-likeness (QED) is 0.212. The van der Waals surface area contributed by atoms with Crippen molar-refractivity contribution in [1.29, 1.82) is 0 Å². The summed E-state index contributed by atoms with van der Waals surface area (Å²) in [5.41, 5.74) is 7.08. The summed E-state index contributed by atoms with van der Waals surface area (Å²) in [4.78, 5) is 0. The van der Waals surface area contributed by atoms with E-state index in [1.165, 1.54) is 22.3 Å². The SMILES string of the molecule is C[CH]=[Zr]([Cl])([Cl])([CH]1C=Cc2ccccc21)[CH]1c2ccccc2-c2cccc(OCO[Si](C)(C)C)c21. The number of fused-ring (bicyclic) bond motifs is 4. The van der Waals surface area contributed by atoms with Crippen LogP contribution < -0.4 is 4.74 Å². The molecule has 0 fully saturated rings. The van der Waals surface area contributed by atoms with E-state index in [0.717, 1.165) is 16.9 Å². The van der Waals surface area contributed by atoms with Crippen molar-refractivity contribution in [2.45, 2.75) is 33.8 Å². The molecular formula is C28H30Cl2O2SiZr. The van der Waals surface area contributed by atoms with Gasteiger partial charge in [0.05, 0.1) is 0 Å². The van der Waals surface area contributed by atoms with Crippen LogP contribution >= 0.6 is 17.0 Å². The summed E-state index contributed by atoms with van der Waals surface area (Å²) in [6.45, 7) is 8.77. The second-order valence-corrected chi connectivity index (χ2v) is 36.3. The summed E-state index contributed by atoms with van der Waals surface area (Å²) < 4.78 is 14.4. The van der Waals surface area contributed by atoms with Gasteiger partial charge in [-0.3, -0.25) is 0 Å². The first-order valence-corrected chi connectivity index (χ1v) is 25.8. The van der Waals surface area contributed by atoms with Crippen molar-refractivity contribution in [3.8, 4) is 16.9 Å². The van der Waals surface area contributed by atoms with Crippen LogP contribution in [0.1, 0.15) is 36.4 Å². The molecule has 0 heterocycles. The monoisotopic (exact) mass is 586 g/mol. The molecular weight excluding hydrogens is 559 g/mol. The van der Waals surface area contributed by atoms with Gasteiger partial charge >= 0.3 is 213 Å². The summed E-state index contributed by atoms with van der Waals surface area (Å²) in [5, 5.41) is 0. The molecule has 0 spiro atoms.